The summed E-state index contributed by atoms with van der Waals surface area (Å²) >= 11 is 0. The minimum atomic E-state index is -0.0905. The fourth-order valence-electron chi connectivity index (χ4n) is 13.6. The van der Waals surface area contributed by atoms with Crippen LogP contribution >= 0.6 is 0 Å². The number of benzene rings is 2. The summed E-state index contributed by atoms with van der Waals surface area (Å²) in [4.78, 5) is 10.5. The summed E-state index contributed by atoms with van der Waals surface area (Å²) in [6, 6.07) is 17.8. The maximum Gasteiger partial charge on any atom is 0.0716 e. The fourth-order valence-corrected chi connectivity index (χ4v) is 13.6. The first kappa shape index (κ1) is 59.6. The van der Waals surface area contributed by atoms with Crippen LogP contribution in [0.25, 0.3) is 11.1 Å². The molecule has 0 amide bonds. The third-order valence-electron chi connectivity index (χ3n) is 18.0. The Kier molecular flexibility index (Phi) is 25.2. The van der Waals surface area contributed by atoms with Crippen LogP contribution in [-0.4, -0.2) is 0 Å². The number of para-hydroxylation sites is 2. The molecule has 1 atom stereocenters. The Morgan fingerprint density at radius 3 is 1.49 bits per heavy atom. The van der Waals surface area contributed by atoms with Gasteiger partial charge >= 0.3 is 0 Å². The minimum absolute atomic E-state index is 0.0562. The van der Waals surface area contributed by atoms with Crippen LogP contribution in [0.5, 0.6) is 0 Å². The van der Waals surface area contributed by atoms with Crippen molar-refractivity contribution in [3.05, 3.63) is 151 Å². The molecule has 7 rings (SSSR count). The van der Waals surface area contributed by atoms with E-state index in [0.717, 1.165) is 30.0 Å². The van der Waals surface area contributed by atoms with Crippen LogP contribution in [0, 0.1) is 16.7 Å². The lowest BCUT2D eigenvalue weighted by Crippen LogP contribution is -2.30. The first-order chi connectivity index (χ1) is 37.2. The molecule has 2 nitrogen and oxygen atoms in total. The quantitative estimate of drug-likeness (QED) is 0.0603. The first-order valence-corrected chi connectivity index (χ1v) is 32.6. The molecular weight excluding hydrogens is 917 g/mol. The van der Waals surface area contributed by atoms with Gasteiger partial charge in [0.2, 0.25) is 0 Å². The zero-order valence-corrected chi connectivity index (χ0v) is 49.8. The van der Waals surface area contributed by atoms with E-state index in [9.17, 15) is 0 Å². The second-order valence-corrected chi connectivity index (χ2v) is 25.4. The Morgan fingerprint density at radius 2 is 0.934 bits per heavy atom. The molecule has 5 aliphatic rings. The molecule has 0 spiro atoms. The van der Waals surface area contributed by atoms with Crippen molar-refractivity contribution in [1.29, 1.82) is 0 Å². The van der Waals surface area contributed by atoms with E-state index in [1.54, 1.807) is 5.57 Å². The van der Waals surface area contributed by atoms with Crippen molar-refractivity contribution >= 4 is 11.1 Å². The number of allylic oxidation sites excluding steroid dienone is 13. The van der Waals surface area contributed by atoms with Gasteiger partial charge in [-0.2, -0.15) is 0 Å². The molecule has 1 unspecified atom stereocenters. The number of fused-ring (bicyclic) bond motifs is 4. The highest BCUT2D eigenvalue weighted by Gasteiger charge is 2.38. The molecule has 0 saturated heterocycles. The van der Waals surface area contributed by atoms with Gasteiger partial charge in [-0.3, -0.25) is 0 Å². The average Bonchev–Trinajstić information content (AvgIpc) is 4.10. The maximum absolute atomic E-state index is 5.24. The molecule has 76 heavy (non-hydrogen) atoms. The molecule has 2 heterocycles. The van der Waals surface area contributed by atoms with Crippen molar-refractivity contribution in [3.8, 4) is 0 Å². The summed E-state index contributed by atoms with van der Waals surface area (Å²) in [6.45, 7) is 14.4. The second kappa shape index (κ2) is 32.1. The van der Waals surface area contributed by atoms with Gasteiger partial charge in [0.15, 0.2) is 0 Å². The van der Waals surface area contributed by atoms with E-state index < -0.39 is 0 Å². The topological polar surface area (TPSA) is 24.7 Å². The van der Waals surface area contributed by atoms with Crippen LogP contribution < -0.4 is 21.2 Å². The van der Waals surface area contributed by atoms with Gasteiger partial charge in [0.25, 0.3) is 0 Å². The molecule has 0 fully saturated rings. The summed E-state index contributed by atoms with van der Waals surface area (Å²) in [6.07, 6.45) is 68.3. The van der Waals surface area contributed by atoms with E-state index >= 15 is 0 Å². The highest BCUT2D eigenvalue weighted by Crippen LogP contribution is 2.49. The Morgan fingerprint density at radius 1 is 0.474 bits per heavy atom. The summed E-state index contributed by atoms with van der Waals surface area (Å²) in [5.74, 6) is 0.397. The van der Waals surface area contributed by atoms with Crippen molar-refractivity contribution in [2.24, 2.45) is 26.7 Å². The largest absolute Gasteiger partial charge is 0.248 e. The van der Waals surface area contributed by atoms with Crippen molar-refractivity contribution in [1.82, 2.24) is 0 Å². The first-order valence-electron chi connectivity index (χ1n) is 32.6. The summed E-state index contributed by atoms with van der Waals surface area (Å²) in [5.41, 5.74) is 12.7. The Labute approximate surface area is 466 Å². The van der Waals surface area contributed by atoms with Gasteiger partial charge in [0.05, 0.1) is 22.1 Å². The lowest BCUT2D eigenvalue weighted by molar-refractivity contribution is 0.463. The van der Waals surface area contributed by atoms with Crippen molar-refractivity contribution in [2.75, 3.05) is 0 Å². The van der Waals surface area contributed by atoms with Crippen molar-refractivity contribution in [3.63, 3.8) is 0 Å². The van der Waals surface area contributed by atoms with Gasteiger partial charge in [-0.1, -0.05) is 313 Å². The SMILES string of the molecule is CCCCCCCCCCCCCCCCCCC1=C(C=CC2=CC(=CC=C3C(CCCCCCCCCCCCCCCCCC)C4=c5ccccc5=NC4=CC3(C)C)CCC2)C(C)(C)C=C2N=c3ccccc3=C21. The van der Waals surface area contributed by atoms with Crippen LogP contribution in [0.1, 0.15) is 279 Å². The van der Waals surface area contributed by atoms with E-state index in [1.807, 2.05) is 0 Å². The zero-order chi connectivity index (χ0) is 53.3. The maximum atomic E-state index is 5.24. The van der Waals surface area contributed by atoms with Crippen LogP contribution in [0.15, 0.2) is 140 Å². The molecule has 2 heteroatoms. The van der Waals surface area contributed by atoms with Crippen molar-refractivity contribution in [2.45, 2.75) is 279 Å². The minimum Gasteiger partial charge on any atom is -0.248 e. The van der Waals surface area contributed by atoms with Gasteiger partial charge in [-0.05, 0) is 90.7 Å². The predicted molar refractivity (Wildman–Crippen MR) is 331 cm³/mol. The highest BCUT2D eigenvalue weighted by molar-refractivity contribution is 5.83. The normalized spacial score (nSPS) is 19.4. The van der Waals surface area contributed by atoms with E-state index in [2.05, 4.69) is 133 Å². The van der Waals surface area contributed by atoms with Gasteiger partial charge < -0.3 is 0 Å². The van der Waals surface area contributed by atoms with E-state index in [0.29, 0.717) is 5.92 Å². The van der Waals surface area contributed by atoms with E-state index in [4.69, 9.17) is 9.98 Å². The summed E-state index contributed by atoms with van der Waals surface area (Å²) < 4.78 is 0. The molecule has 2 aromatic rings. The molecule has 0 saturated carbocycles. The van der Waals surface area contributed by atoms with Gasteiger partial charge in [0, 0.05) is 32.8 Å². The van der Waals surface area contributed by atoms with Crippen LogP contribution in [-0.2, 0) is 0 Å². The molecule has 0 aromatic heterocycles. The molecule has 0 bridgehead atoms. The molecule has 3 aliphatic carbocycles. The molecular formula is C74H108N2. The smallest absolute Gasteiger partial charge is 0.0716 e. The van der Waals surface area contributed by atoms with E-state index in [-0.39, 0.29) is 10.8 Å². The molecule has 0 radical (unpaired) electrons. The summed E-state index contributed by atoms with van der Waals surface area (Å²) in [7, 11) is 0. The zero-order valence-electron chi connectivity index (χ0n) is 49.8. The van der Waals surface area contributed by atoms with Gasteiger partial charge in [0.1, 0.15) is 0 Å². The number of rotatable bonds is 37. The molecule has 414 valence electrons. The Hall–Kier alpha value is -4.04. The van der Waals surface area contributed by atoms with Crippen LogP contribution in [0.3, 0.4) is 0 Å². The third kappa shape index (κ3) is 18.0. The number of nitrogens with zero attached hydrogens (tertiary/aromatic N) is 2. The van der Waals surface area contributed by atoms with Crippen molar-refractivity contribution < 1.29 is 0 Å². The highest BCUT2D eigenvalue weighted by atomic mass is 14.8. The lowest BCUT2D eigenvalue weighted by Gasteiger charge is -2.37. The number of hydrogen-bond acceptors (Lipinski definition) is 2. The van der Waals surface area contributed by atoms with E-state index in [1.165, 1.54) is 274 Å². The average molecular weight is 1030 g/mol. The van der Waals surface area contributed by atoms with Crippen LogP contribution in [0.4, 0.5) is 0 Å². The number of unbranched alkanes of at least 4 members (excludes halogenated alkanes) is 30. The monoisotopic (exact) mass is 1020 g/mol. The summed E-state index contributed by atoms with van der Waals surface area (Å²) in [5, 5.41) is 4.98. The van der Waals surface area contributed by atoms with Gasteiger partial charge in [-0.15, -0.1) is 0 Å². The third-order valence-corrected chi connectivity index (χ3v) is 18.0. The van der Waals surface area contributed by atoms with Crippen LogP contribution in [0.2, 0.25) is 0 Å². The Bertz CT molecular complexity index is 2610. The lowest BCUT2D eigenvalue weighted by atomic mass is 9.67. The molecule has 2 aromatic carbocycles. The predicted octanol–water partition coefficient (Wildman–Crippen LogP) is 20.5. The standard InChI is InChI=1S/C74H108N2/c1-7-9-11-13-15-17-19-21-23-25-27-29-31-33-35-37-46-61-65(73(3,4)57-69-71(61)63-48-39-41-50-67(63)75-69)54-52-59-44-43-45-60(56-59)53-55-66-62(72-64-49-40-42-51-68(64)76-70(72)58-74(66,5)6)47-38-36-34-32-30-28-26-24-22-20-18-16-14-12-10-8-2/h39-42,48-58,61H,7-38,43-47H2,1-6H3. The Balaban J connectivity index is 0.974. The number of hydrogen-bond donors (Lipinski definition) is 0. The fraction of sp³-hybridized carbons (Fsp3) is 0.622. The molecule has 0 N–H and O–H groups in total. The second-order valence-electron chi connectivity index (χ2n) is 25.4. The molecule has 2 aliphatic heterocycles. The van der Waals surface area contributed by atoms with Gasteiger partial charge in [-0.25, -0.2) is 9.98 Å².